The van der Waals surface area contributed by atoms with Gasteiger partial charge in [0.05, 0.1) is 25.5 Å². The molecule has 4 heterocycles. The smallest absolute Gasteiger partial charge is 0.188 e. The van der Waals surface area contributed by atoms with E-state index in [9.17, 15) is 0 Å². The lowest BCUT2D eigenvalue weighted by Crippen LogP contribution is -2.36. The van der Waals surface area contributed by atoms with Crippen molar-refractivity contribution in [1.29, 1.82) is 0 Å². The van der Waals surface area contributed by atoms with E-state index in [1.54, 1.807) is 24.8 Å². The molecule has 0 unspecified atom stereocenters. The third-order valence-electron chi connectivity index (χ3n) is 3.75. The maximum atomic E-state index is 5.38. The minimum absolute atomic E-state index is 0.586. The van der Waals surface area contributed by atoms with Crippen molar-refractivity contribution < 1.29 is 4.74 Å². The molecule has 9 heteroatoms. The fraction of sp³-hybridized carbons (Fsp3) is 0.312. The molecule has 8 nitrogen and oxygen atoms in total. The predicted molar refractivity (Wildman–Crippen MR) is 95.5 cm³/mol. The van der Waals surface area contributed by atoms with Crippen molar-refractivity contribution in [3.63, 3.8) is 0 Å². The third-order valence-corrected chi connectivity index (χ3v) is 4.63. The number of hydrogen-bond acceptors (Lipinski definition) is 9. The first-order chi connectivity index (χ1) is 12.4. The van der Waals surface area contributed by atoms with E-state index in [-0.39, 0.29) is 0 Å². The van der Waals surface area contributed by atoms with Crippen molar-refractivity contribution in [2.45, 2.75) is 6.54 Å². The lowest BCUT2D eigenvalue weighted by Gasteiger charge is -2.27. The molecular weight excluding hydrogens is 338 g/mol. The van der Waals surface area contributed by atoms with Gasteiger partial charge in [0.25, 0.3) is 0 Å². The van der Waals surface area contributed by atoms with Crippen LogP contribution in [0.25, 0.3) is 10.8 Å². The summed E-state index contributed by atoms with van der Waals surface area (Å²) in [6, 6.07) is 3.75. The first-order valence-corrected chi connectivity index (χ1v) is 8.87. The summed E-state index contributed by atoms with van der Waals surface area (Å²) in [6.07, 6.45) is 5.02. The van der Waals surface area contributed by atoms with Crippen LogP contribution < -0.4 is 10.2 Å². The molecule has 1 aliphatic rings. The summed E-state index contributed by atoms with van der Waals surface area (Å²) in [5, 5.41) is 6.12. The Hall–Kier alpha value is -2.65. The minimum Gasteiger partial charge on any atom is -0.378 e. The summed E-state index contributed by atoms with van der Waals surface area (Å²) in [4.78, 5) is 23.9. The van der Waals surface area contributed by atoms with Gasteiger partial charge in [-0.2, -0.15) is 0 Å². The monoisotopic (exact) mass is 355 g/mol. The normalized spacial score (nSPS) is 14.5. The van der Waals surface area contributed by atoms with Crippen molar-refractivity contribution in [2.75, 3.05) is 36.5 Å². The Balaban J connectivity index is 1.41. The van der Waals surface area contributed by atoms with Gasteiger partial charge in [-0.3, -0.25) is 0 Å². The van der Waals surface area contributed by atoms with Gasteiger partial charge in [-0.05, 0) is 6.07 Å². The Morgan fingerprint density at radius 2 is 1.96 bits per heavy atom. The van der Waals surface area contributed by atoms with Gasteiger partial charge in [-0.15, -0.1) is 11.3 Å². The van der Waals surface area contributed by atoms with Crippen LogP contribution in [0.15, 0.2) is 36.2 Å². The summed E-state index contributed by atoms with van der Waals surface area (Å²) in [7, 11) is 0. The number of ether oxygens (including phenoxy) is 1. The van der Waals surface area contributed by atoms with Gasteiger partial charge in [-0.1, -0.05) is 0 Å². The SMILES string of the molecule is c1cnc(-c2nc(CNc3cc(N4CCOCC4)ncn3)cs2)nc1. The maximum absolute atomic E-state index is 5.38. The van der Waals surface area contributed by atoms with Crippen LogP contribution in [0.4, 0.5) is 11.6 Å². The lowest BCUT2D eigenvalue weighted by atomic mass is 10.4. The van der Waals surface area contributed by atoms with Gasteiger partial charge in [0.15, 0.2) is 10.8 Å². The second-order valence-electron chi connectivity index (χ2n) is 5.43. The zero-order chi connectivity index (χ0) is 16.9. The van der Waals surface area contributed by atoms with Crippen LogP contribution >= 0.6 is 11.3 Å². The number of morpholine rings is 1. The van der Waals surface area contributed by atoms with Crippen LogP contribution in [0.3, 0.4) is 0 Å². The summed E-state index contributed by atoms with van der Waals surface area (Å²) < 4.78 is 5.38. The summed E-state index contributed by atoms with van der Waals surface area (Å²) in [5.41, 5.74) is 0.930. The number of nitrogens with zero attached hydrogens (tertiary/aromatic N) is 6. The van der Waals surface area contributed by atoms with Crippen LogP contribution in [0.1, 0.15) is 5.69 Å². The van der Waals surface area contributed by atoms with Gasteiger partial charge in [0, 0.05) is 36.9 Å². The van der Waals surface area contributed by atoms with Crippen LogP contribution in [-0.4, -0.2) is 51.2 Å². The Labute approximate surface area is 149 Å². The molecule has 1 fully saturated rings. The van der Waals surface area contributed by atoms with Crippen LogP contribution in [0, 0.1) is 0 Å². The van der Waals surface area contributed by atoms with E-state index in [1.807, 2.05) is 11.4 Å². The molecule has 0 atom stereocenters. The number of anilines is 2. The molecule has 0 aliphatic carbocycles. The van der Waals surface area contributed by atoms with Crippen molar-refractivity contribution >= 4 is 23.0 Å². The molecule has 3 aromatic rings. The van der Waals surface area contributed by atoms with Gasteiger partial charge >= 0.3 is 0 Å². The van der Waals surface area contributed by atoms with E-state index in [0.29, 0.717) is 12.4 Å². The topological polar surface area (TPSA) is 89.0 Å². The maximum Gasteiger partial charge on any atom is 0.188 e. The second kappa shape index (κ2) is 7.49. The van der Waals surface area contributed by atoms with Crippen molar-refractivity contribution in [3.05, 3.63) is 41.9 Å². The first-order valence-electron chi connectivity index (χ1n) is 7.99. The fourth-order valence-corrected chi connectivity index (χ4v) is 3.26. The molecule has 0 aromatic carbocycles. The van der Waals surface area contributed by atoms with E-state index in [0.717, 1.165) is 48.6 Å². The highest BCUT2D eigenvalue weighted by Crippen LogP contribution is 2.20. The predicted octanol–water partition coefficient (Wildman–Crippen LogP) is 1.84. The molecule has 0 amide bonds. The van der Waals surface area contributed by atoms with Gasteiger partial charge in [0.1, 0.15) is 18.0 Å². The van der Waals surface area contributed by atoms with E-state index >= 15 is 0 Å². The summed E-state index contributed by atoms with van der Waals surface area (Å²) >= 11 is 1.53. The molecule has 4 rings (SSSR count). The Morgan fingerprint density at radius 3 is 2.80 bits per heavy atom. The Bertz CT molecular complexity index is 820. The minimum atomic E-state index is 0.586. The van der Waals surface area contributed by atoms with Crippen molar-refractivity contribution in [1.82, 2.24) is 24.9 Å². The van der Waals surface area contributed by atoms with Crippen molar-refractivity contribution in [2.24, 2.45) is 0 Å². The summed E-state index contributed by atoms with van der Waals surface area (Å²) in [5.74, 6) is 2.34. The Kier molecular flexibility index (Phi) is 4.75. The molecule has 25 heavy (non-hydrogen) atoms. The van der Waals surface area contributed by atoms with Crippen LogP contribution in [0.2, 0.25) is 0 Å². The van der Waals surface area contributed by atoms with Gasteiger partial charge < -0.3 is 15.0 Å². The van der Waals surface area contributed by atoms with Gasteiger partial charge in [-0.25, -0.2) is 24.9 Å². The highest BCUT2D eigenvalue weighted by molar-refractivity contribution is 7.13. The zero-order valence-electron chi connectivity index (χ0n) is 13.5. The fourth-order valence-electron chi connectivity index (χ4n) is 2.49. The molecule has 1 N–H and O–H groups in total. The lowest BCUT2D eigenvalue weighted by molar-refractivity contribution is 0.122. The van der Waals surface area contributed by atoms with Crippen LogP contribution in [-0.2, 0) is 11.3 Å². The highest BCUT2D eigenvalue weighted by atomic mass is 32.1. The zero-order valence-corrected chi connectivity index (χ0v) is 14.3. The summed E-state index contributed by atoms with van der Waals surface area (Å²) in [6.45, 7) is 3.75. The molecule has 128 valence electrons. The van der Waals surface area contributed by atoms with E-state index in [2.05, 4.69) is 35.1 Å². The molecule has 1 saturated heterocycles. The van der Waals surface area contributed by atoms with E-state index in [1.165, 1.54) is 11.3 Å². The average molecular weight is 355 g/mol. The van der Waals surface area contributed by atoms with Crippen LogP contribution in [0.5, 0.6) is 0 Å². The Morgan fingerprint density at radius 1 is 1.12 bits per heavy atom. The molecule has 0 spiro atoms. The quantitative estimate of drug-likeness (QED) is 0.742. The van der Waals surface area contributed by atoms with E-state index < -0.39 is 0 Å². The molecule has 1 aliphatic heterocycles. The molecule has 0 bridgehead atoms. The standard InChI is InChI=1S/C16H17N7OS/c1-2-17-15(18-3-1)16-22-12(10-25-16)9-19-13-8-14(21-11-20-13)23-4-6-24-7-5-23/h1-3,8,10-11H,4-7,9H2,(H,19,20,21). The number of aromatic nitrogens is 5. The van der Waals surface area contributed by atoms with E-state index in [4.69, 9.17) is 4.74 Å². The second-order valence-corrected chi connectivity index (χ2v) is 6.29. The molecular formula is C16H17N7OS. The largest absolute Gasteiger partial charge is 0.378 e. The number of rotatable bonds is 5. The van der Waals surface area contributed by atoms with Crippen molar-refractivity contribution in [3.8, 4) is 10.8 Å². The highest BCUT2D eigenvalue weighted by Gasteiger charge is 2.13. The molecule has 3 aromatic heterocycles. The average Bonchev–Trinajstić information content (AvgIpc) is 3.17. The molecule has 0 radical (unpaired) electrons. The number of thiazole rings is 1. The number of hydrogen-bond donors (Lipinski definition) is 1. The van der Waals surface area contributed by atoms with Gasteiger partial charge in [0.2, 0.25) is 0 Å². The third kappa shape index (κ3) is 3.89. The first kappa shape index (κ1) is 15.9. The molecule has 0 saturated carbocycles. The number of nitrogens with one attached hydrogen (secondary N) is 1.